The Morgan fingerprint density at radius 3 is 2.92 bits per heavy atom. The van der Waals surface area contributed by atoms with Crippen molar-refractivity contribution in [3.05, 3.63) is 34.7 Å². The number of anilines is 1. The third-order valence-corrected chi connectivity index (χ3v) is 2.38. The van der Waals surface area contributed by atoms with E-state index in [0.29, 0.717) is 21.1 Å². The Morgan fingerprint density at radius 2 is 2.15 bits per heavy atom. The van der Waals surface area contributed by atoms with Crippen molar-refractivity contribution in [1.82, 2.24) is 4.98 Å². The van der Waals surface area contributed by atoms with Crippen LogP contribution >= 0.6 is 15.9 Å². The molecule has 0 unspecified atom stereocenters. The zero-order valence-electron chi connectivity index (χ0n) is 6.59. The summed E-state index contributed by atoms with van der Waals surface area (Å²) >= 11 is 3.09. The number of hydrogen-bond acceptors (Lipinski definition) is 2. The maximum atomic E-state index is 13.4. The Labute approximate surface area is 82.7 Å². The van der Waals surface area contributed by atoms with Gasteiger partial charge in [0.1, 0.15) is 5.52 Å². The van der Waals surface area contributed by atoms with Crippen LogP contribution in [0.4, 0.5) is 10.1 Å². The van der Waals surface area contributed by atoms with Gasteiger partial charge in [0.15, 0.2) is 5.82 Å². The molecule has 0 bridgehead atoms. The Hall–Kier alpha value is -1.16. The van der Waals surface area contributed by atoms with Crippen LogP contribution in [-0.4, -0.2) is 4.98 Å². The van der Waals surface area contributed by atoms with Gasteiger partial charge >= 0.3 is 0 Å². The normalized spacial score (nSPS) is 10.6. The lowest BCUT2D eigenvalue weighted by Gasteiger charge is -2.00. The molecule has 2 N–H and O–H groups in total. The van der Waals surface area contributed by atoms with Gasteiger partial charge in [0, 0.05) is 5.39 Å². The summed E-state index contributed by atoms with van der Waals surface area (Å²) in [6.45, 7) is 0. The standard InChI is InChI=1S/C9H6BrFN2/c10-7-2-1-5-3-6(12)4-13-9(5)8(7)11/h1-4H,12H2. The maximum Gasteiger partial charge on any atom is 0.163 e. The van der Waals surface area contributed by atoms with Crippen LogP contribution in [0.2, 0.25) is 0 Å². The van der Waals surface area contributed by atoms with Crippen molar-refractivity contribution < 1.29 is 4.39 Å². The van der Waals surface area contributed by atoms with Crippen LogP contribution in [0.25, 0.3) is 10.9 Å². The Balaban J connectivity index is 2.87. The summed E-state index contributed by atoms with van der Waals surface area (Å²) in [5.74, 6) is -0.350. The van der Waals surface area contributed by atoms with E-state index in [2.05, 4.69) is 20.9 Å². The van der Waals surface area contributed by atoms with Crippen LogP contribution in [0.15, 0.2) is 28.9 Å². The molecular formula is C9H6BrFN2. The van der Waals surface area contributed by atoms with E-state index in [-0.39, 0.29) is 5.82 Å². The lowest BCUT2D eigenvalue weighted by Crippen LogP contribution is -1.90. The molecule has 0 amide bonds. The molecule has 0 aliphatic carbocycles. The smallest absolute Gasteiger partial charge is 0.163 e. The van der Waals surface area contributed by atoms with Crippen LogP contribution < -0.4 is 5.73 Å². The summed E-state index contributed by atoms with van der Waals surface area (Å²) in [6.07, 6.45) is 1.44. The fourth-order valence-electron chi connectivity index (χ4n) is 1.16. The van der Waals surface area contributed by atoms with Gasteiger partial charge in [-0.2, -0.15) is 0 Å². The zero-order valence-corrected chi connectivity index (χ0v) is 8.18. The molecule has 1 aromatic heterocycles. The summed E-state index contributed by atoms with van der Waals surface area (Å²) in [5, 5.41) is 0.709. The molecule has 0 fully saturated rings. The van der Waals surface area contributed by atoms with Gasteiger partial charge in [-0.15, -0.1) is 0 Å². The third kappa shape index (κ3) is 1.37. The number of nitrogen functional groups attached to an aromatic ring is 1. The second-order valence-corrected chi connectivity index (χ2v) is 3.56. The predicted octanol–water partition coefficient (Wildman–Crippen LogP) is 2.72. The molecule has 0 spiro atoms. The van der Waals surface area contributed by atoms with Gasteiger partial charge in [-0.1, -0.05) is 6.07 Å². The number of rotatable bonds is 0. The highest BCUT2D eigenvalue weighted by molar-refractivity contribution is 9.10. The molecule has 0 saturated carbocycles. The first kappa shape index (κ1) is 8.44. The number of benzene rings is 1. The number of pyridine rings is 1. The topological polar surface area (TPSA) is 38.9 Å². The molecule has 1 heterocycles. The summed E-state index contributed by atoms with van der Waals surface area (Å²) in [7, 11) is 0. The summed E-state index contributed by atoms with van der Waals surface area (Å²) in [6, 6.07) is 5.10. The molecule has 13 heavy (non-hydrogen) atoms. The monoisotopic (exact) mass is 240 g/mol. The number of nitrogens with zero attached hydrogens (tertiary/aromatic N) is 1. The first-order chi connectivity index (χ1) is 6.18. The zero-order chi connectivity index (χ0) is 9.42. The van der Waals surface area contributed by atoms with E-state index in [1.807, 2.05) is 0 Å². The van der Waals surface area contributed by atoms with E-state index < -0.39 is 0 Å². The fourth-order valence-corrected chi connectivity index (χ4v) is 1.48. The maximum absolute atomic E-state index is 13.4. The first-order valence-corrected chi connectivity index (χ1v) is 4.47. The summed E-state index contributed by atoms with van der Waals surface area (Å²) in [4.78, 5) is 3.91. The van der Waals surface area contributed by atoms with Gasteiger partial charge in [-0.25, -0.2) is 4.39 Å². The van der Waals surface area contributed by atoms with Gasteiger partial charge in [0.2, 0.25) is 0 Å². The van der Waals surface area contributed by atoms with E-state index in [4.69, 9.17) is 5.73 Å². The average molecular weight is 241 g/mol. The molecule has 1 aromatic carbocycles. The van der Waals surface area contributed by atoms with Gasteiger partial charge in [0.25, 0.3) is 0 Å². The molecule has 0 aliphatic rings. The van der Waals surface area contributed by atoms with Gasteiger partial charge < -0.3 is 5.73 Å². The number of halogens is 2. The van der Waals surface area contributed by atoms with Crippen molar-refractivity contribution in [3.63, 3.8) is 0 Å². The number of aromatic nitrogens is 1. The van der Waals surface area contributed by atoms with E-state index in [1.165, 1.54) is 6.20 Å². The van der Waals surface area contributed by atoms with Crippen LogP contribution in [0, 0.1) is 5.82 Å². The van der Waals surface area contributed by atoms with Crippen molar-refractivity contribution >= 4 is 32.5 Å². The van der Waals surface area contributed by atoms with Gasteiger partial charge in [0.05, 0.1) is 16.4 Å². The third-order valence-electron chi connectivity index (χ3n) is 1.77. The van der Waals surface area contributed by atoms with E-state index in [9.17, 15) is 4.39 Å². The Morgan fingerprint density at radius 1 is 1.38 bits per heavy atom. The van der Waals surface area contributed by atoms with E-state index in [0.717, 1.165) is 0 Å². The second-order valence-electron chi connectivity index (χ2n) is 2.70. The average Bonchev–Trinajstić information content (AvgIpc) is 2.12. The van der Waals surface area contributed by atoms with Gasteiger partial charge in [-0.3, -0.25) is 4.98 Å². The summed E-state index contributed by atoms with van der Waals surface area (Å²) in [5.41, 5.74) is 6.39. The lowest BCUT2D eigenvalue weighted by atomic mass is 10.2. The van der Waals surface area contributed by atoms with Crippen molar-refractivity contribution in [2.75, 3.05) is 5.73 Å². The van der Waals surface area contributed by atoms with Crippen molar-refractivity contribution in [3.8, 4) is 0 Å². The van der Waals surface area contributed by atoms with Crippen LogP contribution in [0.3, 0.4) is 0 Å². The van der Waals surface area contributed by atoms with E-state index in [1.54, 1.807) is 18.2 Å². The number of fused-ring (bicyclic) bond motifs is 1. The minimum Gasteiger partial charge on any atom is -0.397 e. The van der Waals surface area contributed by atoms with E-state index >= 15 is 0 Å². The molecular weight excluding hydrogens is 235 g/mol. The molecule has 2 rings (SSSR count). The lowest BCUT2D eigenvalue weighted by molar-refractivity contribution is 0.630. The quantitative estimate of drug-likeness (QED) is 0.770. The molecule has 2 nitrogen and oxygen atoms in total. The highest BCUT2D eigenvalue weighted by Crippen LogP contribution is 2.24. The van der Waals surface area contributed by atoms with Gasteiger partial charge in [-0.05, 0) is 28.1 Å². The number of nitrogens with two attached hydrogens (primary N) is 1. The highest BCUT2D eigenvalue weighted by Gasteiger charge is 2.05. The predicted molar refractivity (Wildman–Crippen MR) is 53.8 cm³/mol. The van der Waals surface area contributed by atoms with Crippen molar-refractivity contribution in [2.24, 2.45) is 0 Å². The largest absolute Gasteiger partial charge is 0.397 e. The van der Waals surface area contributed by atoms with Crippen molar-refractivity contribution in [1.29, 1.82) is 0 Å². The Kier molecular flexibility index (Phi) is 1.92. The fraction of sp³-hybridized carbons (Fsp3) is 0. The molecule has 4 heteroatoms. The first-order valence-electron chi connectivity index (χ1n) is 3.68. The SMILES string of the molecule is Nc1cnc2c(F)c(Br)ccc2c1. The minimum absolute atomic E-state index is 0.337. The molecule has 0 saturated heterocycles. The van der Waals surface area contributed by atoms with Crippen LogP contribution in [0.5, 0.6) is 0 Å². The second kappa shape index (κ2) is 2.96. The van der Waals surface area contributed by atoms with Crippen molar-refractivity contribution in [2.45, 2.75) is 0 Å². The van der Waals surface area contributed by atoms with Crippen LogP contribution in [0.1, 0.15) is 0 Å². The molecule has 66 valence electrons. The Bertz CT molecular complexity index is 470. The highest BCUT2D eigenvalue weighted by atomic mass is 79.9. The molecule has 2 aromatic rings. The molecule has 0 atom stereocenters. The minimum atomic E-state index is -0.350. The molecule has 0 radical (unpaired) electrons. The molecule has 0 aliphatic heterocycles. The summed E-state index contributed by atoms with van der Waals surface area (Å²) < 4.78 is 13.8. The van der Waals surface area contributed by atoms with Crippen LogP contribution in [-0.2, 0) is 0 Å². The number of hydrogen-bond donors (Lipinski definition) is 1.